The standard InChI is InChI=1S/C56H37NO/c1-2-12-38(13-3-1)43-17-8-18-44(36-43)39-26-31-46(32-27-39)57(48-20-9-19-45(37-48)50-23-10-16-40-14-4-6-21-49(40)50)47-33-28-42(29-34-47)51-24-11-25-54-55(51)53-35-30-41-15-5-7-22-52(41)56(53)58-54/h1-37H. The van der Waals surface area contributed by atoms with Crippen LogP contribution in [-0.2, 0) is 0 Å². The molecule has 0 aliphatic carbocycles. The predicted octanol–water partition coefficient (Wildman–Crippen LogP) is 16.0. The number of nitrogens with zero attached hydrogens (tertiary/aromatic N) is 1. The summed E-state index contributed by atoms with van der Waals surface area (Å²) in [4.78, 5) is 2.36. The van der Waals surface area contributed by atoms with Crippen molar-refractivity contribution in [3.63, 3.8) is 0 Å². The van der Waals surface area contributed by atoms with E-state index in [1.807, 2.05) is 0 Å². The molecule has 58 heavy (non-hydrogen) atoms. The minimum atomic E-state index is 0.897. The third-order valence-electron chi connectivity index (χ3n) is 11.5. The van der Waals surface area contributed by atoms with Gasteiger partial charge in [-0.2, -0.15) is 0 Å². The molecule has 0 aliphatic rings. The minimum absolute atomic E-state index is 0.897. The molecule has 0 bridgehead atoms. The van der Waals surface area contributed by atoms with Crippen LogP contribution in [0.2, 0.25) is 0 Å². The minimum Gasteiger partial charge on any atom is -0.455 e. The van der Waals surface area contributed by atoms with E-state index in [2.05, 4.69) is 229 Å². The zero-order valence-corrected chi connectivity index (χ0v) is 31.7. The molecule has 2 heteroatoms. The van der Waals surface area contributed by atoms with E-state index in [0.29, 0.717) is 0 Å². The van der Waals surface area contributed by atoms with Gasteiger partial charge in [0.2, 0.25) is 0 Å². The summed E-state index contributed by atoms with van der Waals surface area (Å²) < 4.78 is 6.54. The summed E-state index contributed by atoms with van der Waals surface area (Å²) in [5, 5.41) is 7.07. The number of hydrogen-bond acceptors (Lipinski definition) is 2. The van der Waals surface area contributed by atoms with Gasteiger partial charge in [-0.25, -0.2) is 0 Å². The highest BCUT2D eigenvalue weighted by Gasteiger charge is 2.18. The number of hydrogen-bond donors (Lipinski definition) is 0. The first-order valence-corrected chi connectivity index (χ1v) is 19.8. The fourth-order valence-corrected chi connectivity index (χ4v) is 8.63. The van der Waals surface area contributed by atoms with Crippen molar-refractivity contribution in [1.82, 2.24) is 0 Å². The van der Waals surface area contributed by atoms with Crippen molar-refractivity contribution in [2.75, 3.05) is 4.90 Å². The molecule has 0 unspecified atom stereocenters. The molecule has 2 nitrogen and oxygen atoms in total. The van der Waals surface area contributed by atoms with Gasteiger partial charge in [-0.3, -0.25) is 0 Å². The average molecular weight is 740 g/mol. The van der Waals surface area contributed by atoms with Crippen molar-refractivity contribution in [3.8, 4) is 44.5 Å². The van der Waals surface area contributed by atoms with Crippen LogP contribution in [0.5, 0.6) is 0 Å². The van der Waals surface area contributed by atoms with Gasteiger partial charge in [-0.15, -0.1) is 0 Å². The van der Waals surface area contributed by atoms with E-state index >= 15 is 0 Å². The van der Waals surface area contributed by atoms with Crippen molar-refractivity contribution in [3.05, 3.63) is 224 Å². The van der Waals surface area contributed by atoms with Gasteiger partial charge in [0.05, 0.1) is 0 Å². The predicted molar refractivity (Wildman–Crippen MR) is 245 cm³/mol. The molecular formula is C56H37NO. The van der Waals surface area contributed by atoms with E-state index in [1.165, 1.54) is 49.5 Å². The summed E-state index contributed by atoms with van der Waals surface area (Å²) in [6.45, 7) is 0. The Morgan fingerprint density at radius 3 is 1.62 bits per heavy atom. The smallest absolute Gasteiger partial charge is 0.143 e. The summed E-state index contributed by atoms with van der Waals surface area (Å²) in [7, 11) is 0. The Bertz CT molecular complexity index is 3260. The molecule has 1 heterocycles. The molecule has 0 spiro atoms. The Morgan fingerprint density at radius 2 is 0.845 bits per heavy atom. The van der Waals surface area contributed by atoms with Gasteiger partial charge in [0.25, 0.3) is 0 Å². The molecule has 0 atom stereocenters. The lowest BCUT2D eigenvalue weighted by atomic mass is 9.97. The van der Waals surface area contributed by atoms with Gasteiger partial charge in [0.15, 0.2) is 0 Å². The Balaban J connectivity index is 1.02. The first-order chi connectivity index (χ1) is 28.7. The van der Waals surface area contributed by atoms with E-state index in [9.17, 15) is 0 Å². The second-order valence-corrected chi connectivity index (χ2v) is 14.9. The lowest BCUT2D eigenvalue weighted by Gasteiger charge is -2.26. The van der Waals surface area contributed by atoms with Crippen LogP contribution in [0.15, 0.2) is 229 Å². The summed E-state index contributed by atoms with van der Waals surface area (Å²) >= 11 is 0. The lowest BCUT2D eigenvalue weighted by Crippen LogP contribution is -2.10. The van der Waals surface area contributed by atoms with Crippen molar-refractivity contribution in [2.45, 2.75) is 0 Å². The zero-order valence-electron chi connectivity index (χ0n) is 31.7. The summed E-state index contributed by atoms with van der Waals surface area (Å²) in [6, 6.07) is 80.6. The van der Waals surface area contributed by atoms with Gasteiger partial charge in [-0.1, -0.05) is 170 Å². The summed E-state index contributed by atoms with van der Waals surface area (Å²) in [5.41, 5.74) is 14.6. The molecule has 10 aromatic carbocycles. The summed E-state index contributed by atoms with van der Waals surface area (Å²) in [5.74, 6) is 0. The van der Waals surface area contributed by atoms with E-state index in [4.69, 9.17) is 4.42 Å². The van der Waals surface area contributed by atoms with Crippen molar-refractivity contribution < 1.29 is 4.42 Å². The second-order valence-electron chi connectivity index (χ2n) is 14.9. The van der Waals surface area contributed by atoms with Crippen LogP contribution in [0.1, 0.15) is 0 Å². The Morgan fingerprint density at radius 1 is 0.293 bits per heavy atom. The average Bonchev–Trinajstić information content (AvgIpc) is 3.70. The van der Waals surface area contributed by atoms with Gasteiger partial charge < -0.3 is 9.32 Å². The maximum atomic E-state index is 6.54. The maximum Gasteiger partial charge on any atom is 0.143 e. The Hall–Kier alpha value is -7.68. The van der Waals surface area contributed by atoms with E-state index in [1.54, 1.807) is 0 Å². The third-order valence-corrected chi connectivity index (χ3v) is 11.5. The van der Waals surface area contributed by atoms with Crippen LogP contribution in [0.25, 0.3) is 88.0 Å². The molecule has 1 aromatic heterocycles. The van der Waals surface area contributed by atoms with Gasteiger partial charge in [-0.05, 0) is 115 Å². The first kappa shape index (κ1) is 33.6. The monoisotopic (exact) mass is 739 g/mol. The molecule has 0 amide bonds. The fraction of sp³-hybridized carbons (Fsp3) is 0. The maximum absolute atomic E-state index is 6.54. The molecular weight excluding hydrogens is 703 g/mol. The first-order valence-electron chi connectivity index (χ1n) is 19.8. The molecule has 0 aliphatic heterocycles. The third kappa shape index (κ3) is 5.91. The van der Waals surface area contributed by atoms with Crippen LogP contribution < -0.4 is 4.90 Å². The van der Waals surface area contributed by atoms with Crippen LogP contribution in [0, 0.1) is 0 Å². The molecule has 0 N–H and O–H groups in total. The van der Waals surface area contributed by atoms with Crippen LogP contribution in [0.3, 0.4) is 0 Å². The van der Waals surface area contributed by atoms with Crippen LogP contribution in [-0.4, -0.2) is 0 Å². The molecule has 11 rings (SSSR count). The highest BCUT2D eigenvalue weighted by Crippen LogP contribution is 2.42. The molecule has 272 valence electrons. The number of furan rings is 1. The van der Waals surface area contributed by atoms with E-state index in [0.717, 1.165) is 55.5 Å². The molecule has 0 radical (unpaired) electrons. The fourth-order valence-electron chi connectivity index (χ4n) is 8.63. The number of anilines is 3. The Labute approximate surface area is 337 Å². The van der Waals surface area contributed by atoms with E-state index in [-0.39, 0.29) is 0 Å². The van der Waals surface area contributed by atoms with Gasteiger partial charge in [0, 0.05) is 33.2 Å². The zero-order chi connectivity index (χ0) is 38.4. The Kier molecular flexibility index (Phi) is 8.19. The molecule has 0 saturated heterocycles. The lowest BCUT2D eigenvalue weighted by molar-refractivity contribution is 0.673. The second kappa shape index (κ2) is 14.1. The highest BCUT2D eigenvalue weighted by molar-refractivity contribution is 6.19. The van der Waals surface area contributed by atoms with Crippen LogP contribution >= 0.6 is 0 Å². The molecule has 0 fully saturated rings. The van der Waals surface area contributed by atoms with Crippen LogP contribution in [0.4, 0.5) is 17.1 Å². The van der Waals surface area contributed by atoms with Crippen molar-refractivity contribution >= 4 is 60.5 Å². The quantitative estimate of drug-likeness (QED) is 0.162. The van der Waals surface area contributed by atoms with E-state index < -0.39 is 0 Å². The van der Waals surface area contributed by atoms with Gasteiger partial charge in [0.1, 0.15) is 11.2 Å². The molecule has 11 aromatic rings. The highest BCUT2D eigenvalue weighted by atomic mass is 16.3. The van der Waals surface area contributed by atoms with Crippen molar-refractivity contribution in [1.29, 1.82) is 0 Å². The molecule has 0 saturated carbocycles. The number of rotatable bonds is 7. The van der Waals surface area contributed by atoms with Gasteiger partial charge >= 0.3 is 0 Å². The number of fused-ring (bicyclic) bond motifs is 6. The number of benzene rings is 10. The normalized spacial score (nSPS) is 11.4. The summed E-state index contributed by atoms with van der Waals surface area (Å²) in [6.07, 6.45) is 0. The largest absolute Gasteiger partial charge is 0.455 e. The topological polar surface area (TPSA) is 16.4 Å². The van der Waals surface area contributed by atoms with Crippen molar-refractivity contribution in [2.24, 2.45) is 0 Å². The SMILES string of the molecule is c1ccc(-c2cccc(-c3ccc(N(c4ccc(-c5cccc6oc7c8ccccc8ccc7c56)cc4)c4cccc(-c5cccc6ccccc56)c4)cc3)c2)cc1.